The van der Waals surface area contributed by atoms with E-state index in [-0.39, 0.29) is 40.6 Å². The van der Waals surface area contributed by atoms with Gasteiger partial charge >= 0.3 is 6.18 Å². The topological polar surface area (TPSA) is 116 Å². The van der Waals surface area contributed by atoms with Crippen molar-refractivity contribution in [2.45, 2.75) is 38.9 Å². The molecule has 0 aromatic heterocycles. The van der Waals surface area contributed by atoms with Crippen molar-refractivity contribution < 1.29 is 37.0 Å². The van der Waals surface area contributed by atoms with Gasteiger partial charge in [0.15, 0.2) is 0 Å². The molecule has 2 saturated heterocycles. The van der Waals surface area contributed by atoms with E-state index in [4.69, 9.17) is 9.47 Å². The smallest absolute Gasteiger partial charge is 0.416 e. The molecule has 0 unspecified atom stereocenters. The highest BCUT2D eigenvalue weighted by molar-refractivity contribution is 6.08. The highest BCUT2D eigenvalue weighted by Gasteiger charge is 2.31. The lowest BCUT2D eigenvalue weighted by atomic mass is 10.0. The molecule has 3 aromatic carbocycles. The molecule has 2 aliphatic rings. The Balaban J connectivity index is 1.38. The summed E-state index contributed by atoms with van der Waals surface area (Å²) in [5, 5.41) is 5.66. The Morgan fingerprint density at radius 3 is 2.39 bits per heavy atom. The summed E-state index contributed by atoms with van der Waals surface area (Å²) in [5.74, 6) is -1.03. The fraction of sp³-hybridized carbons (Fsp3) is 0.381. The number of alkyl halides is 3. The summed E-state index contributed by atoms with van der Waals surface area (Å²) in [5.41, 5.74) is 2.20. The Bertz CT molecular complexity index is 1950. The lowest BCUT2D eigenvalue weighted by Gasteiger charge is -2.29. The second kappa shape index (κ2) is 19.4. The Labute approximate surface area is 325 Å². The van der Waals surface area contributed by atoms with E-state index >= 15 is 0 Å². The molecule has 2 aliphatic heterocycles. The van der Waals surface area contributed by atoms with Crippen LogP contribution in [0.1, 0.15) is 63.6 Å². The van der Waals surface area contributed by atoms with Gasteiger partial charge in [-0.1, -0.05) is 12.1 Å². The summed E-state index contributed by atoms with van der Waals surface area (Å²) < 4.78 is 50.9. The summed E-state index contributed by atoms with van der Waals surface area (Å²) in [7, 11) is 3.08. The van der Waals surface area contributed by atoms with Gasteiger partial charge in [-0.2, -0.15) is 13.2 Å². The normalized spacial score (nSPS) is 15.6. The number of hydrogen-bond acceptors (Lipinski definition) is 8. The lowest BCUT2D eigenvalue weighted by molar-refractivity contribution is -0.137. The molecule has 0 spiro atoms. The third-order valence-electron chi connectivity index (χ3n) is 9.91. The first-order valence-electron chi connectivity index (χ1n) is 18.6. The number of halogens is 3. The highest BCUT2D eigenvalue weighted by Crippen LogP contribution is 2.34. The van der Waals surface area contributed by atoms with Crippen LogP contribution in [0.5, 0.6) is 5.75 Å². The maximum atomic E-state index is 13.8. The van der Waals surface area contributed by atoms with Crippen molar-refractivity contribution in [3.63, 3.8) is 0 Å². The number of aliphatic imine (C=N–C) groups is 1. The van der Waals surface area contributed by atoms with Crippen molar-refractivity contribution >= 4 is 41.5 Å². The number of amides is 3. The van der Waals surface area contributed by atoms with E-state index in [1.165, 1.54) is 19.3 Å². The number of carbonyl (C=O) groups is 3. The number of anilines is 2. The number of ether oxygens (including phenoxy) is 2. The number of allylic oxidation sites excluding steroid dienone is 1. The van der Waals surface area contributed by atoms with Crippen molar-refractivity contribution in [2.24, 2.45) is 4.99 Å². The third-order valence-corrected chi connectivity index (χ3v) is 9.91. The van der Waals surface area contributed by atoms with Crippen molar-refractivity contribution in [1.82, 2.24) is 15.1 Å². The molecule has 2 heterocycles. The first-order valence-corrected chi connectivity index (χ1v) is 18.6. The van der Waals surface area contributed by atoms with Crippen molar-refractivity contribution in [3.8, 4) is 5.75 Å². The molecule has 3 amide bonds. The van der Waals surface area contributed by atoms with Crippen LogP contribution in [0.15, 0.2) is 83.4 Å². The number of hydrogen-bond donors (Lipinski definition) is 2. The molecule has 14 heteroatoms. The number of nitrogens with one attached hydrogen (secondary N) is 2. The van der Waals surface area contributed by atoms with Gasteiger partial charge in [-0.15, -0.1) is 0 Å². The number of benzene rings is 3. The monoisotopic (exact) mass is 774 g/mol. The molecule has 0 saturated carbocycles. The number of nitrogens with zero attached hydrogens (tertiary/aromatic N) is 4. The number of piperidine rings is 1. The molecule has 2 N–H and O–H groups in total. The van der Waals surface area contributed by atoms with E-state index in [0.717, 1.165) is 69.8 Å². The number of methoxy groups -OCH3 is 1. The molecular formula is C42H49F3N6O5. The van der Waals surface area contributed by atoms with Crippen LogP contribution >= 0.6 is 0 Å². The average molecular weight is 775 g/mol. The molecule has 0 atom stereocenters. The van der Waals surface area contributed by atoms with E-state index < -0.39 is 23.6 Å². The summed E-state index contributed by atoms with van der Waals surface area (Å²) in [6, 6.07) is 15.2. The van der Waals surface area contributed by atoms with Crippen LogP contribution in [0.25, 0.3) is 5.70 Å². The zero-order chi connectivity index (χ0) is 40.2. The summed E-state index contributed by atoms with van der Waals surface area (Å²) in [4.78, 5) is 51.0. The second-order valence-corrected chi connectivity index (χ2v) is 13.6. The largest absolute Gasteiger partial charge is 0.496 e. The van der Waals surface area contributed by atoms with Gasteiger partial charge in [-0.25, -0.2) is 0 Å². The molecule has 2 fully saturated rings. The van der Waals surface area contributed by atoms with Crippen LogP contribution in [-0.4, -0.2) is 101 Å². The lowest BCUT2D eigenvalue weighted by Crippen LogP contribution is -2.41. The Morgan fingerprint density at radius 1 is 0.982 bits per heavy atom. The maximum absolute atomic E-state index is 13.8. The Morgan fingerprint density at radius 2 is 1.71 bits per heavy atom. The summed E-state index contributed by atoms with van der Waals surface area (Å²) >= 11 is 0. The van der Waals surface area contributed by atoms with Gasteiger partial charge in [0.25, 0.3) is 17.7 Å². The zero-order valence-corrected chi connectivity index (χ0v) is 32.1. The molecule has 11 nitrogen and oxygen atoms in total. The van der Waals surface area contributed by atoms with Gasteiger partial charge in [0, 0.05) is 86.4 Å². The van der Waals surface area contributed by atoms with E-state index in [9.17, 15) is 27.6 Å². The van der Waals surface area contributed by atoms with Gasteiger partial charge in [-0.3, -0.25) is 24.3 Å². The van der Waals surface area contributed by atoms with Crippen LogP contribution in [0, 0.1) is 0 Å². The predicted molar refractivity (Wildman–Crippen MR) is 212 cm³/mol. The molecule has 56 heavy (non-hydrogen) atoms. The quantitative estimate of drug-likeness (QED) is 0.107. The van der Waals surface area contributed by atoms with Crippen LogP contribution in [-0.2, 0) is 22.3 Å². The summed E-state index contributed by atoms with van der Waals surface area (Å²) in [6.45, 7) is 11.1. The van der Waals surface area contributed by atoms with Gasteiger partial charge < -0.3 is 29.9 Å². The van der Waals surface area contributed by atoms with Crippen LogP contribution in [0.2, 0.25) is 0 Å². The number of rotatable bonds is 14. The van der Waals surface area contributed by atoms with E-state index in [1.54, 1.807) is 55.3 Å². The minimum Gasteiger partial charge on any atom is -0.496 e. The Kier molecular flexibility index (Phi) is 14.4. The van der Waals surface area contributed by atoms with Gasteiger partial charge in [-0.05, 0) is 93.6 Å². The summed E-state index contributed by atoms with van der Waals surface area (Å²) in [6.07, 6.45) is 1.71. The standard InChI is InChI=1S/C42H49F3N6O5/c1-5-29(39(52)47-28-32-25-33(42(43,44)45)12-15-38(32)55-4)26-37(46-2)35-27-34(51-16-7-6-8-17-51)13-14-36(35)48-40(53)30-10-9-11-31(24-30)41(54)49(3)18-19-50-20-22-56-23-21-50/h5,9-15,24-27H,2,6-8,16-23,28H2,1,3-4H3,(H,47,52)(H,48,53)/b29-5+,37-26-. The molecule has 5 rings (SSSR count). The molecule has 0 aliphatic carbocycles. The molecule has 3 aromatic rings. The van der Waals surface area contributed by atoms with E-state index in [1.807, 2.05) is 12.1 Å². The van der Waals surface area contributed by atoms with Crippen molar-refractivity contribution in [3.05, 3.63) is 106 Å². The SMILES string of the molecule is C=N/C(=C\C(=C/C)C(=O)NCc1cc(C(F)(F)F)ccc1OC)c1cc(N2CCCCC2)ccc1NC(=O)c1cccc(C(=O)N(C)CCN2CCOCC2)c1. The number of likely N-dealkylation sites (N-methyl/N-ethyl adjacent to an activating group) is 1. The molecule has 298 valence electrons. The Hall–Kier alpha value is -5.47. The second-order valence-electron chi connectivity index (χ2n) is 13.6. The van der Waals surface area contributed by atoms with Gasteiger partial charge in [0.1, 0.15) is 5.75 Å². The minimum absolute atomic E-state index is 0.154. The van der Waals surface area contributed by atoms with Gasteiger partial charge in [0.2, 0.25) is 0 Å². The third kappa shape index (κ3) is 10.8. The minimum atomic E-state index is -4.57. The van der Waals surface area contributed by atoms with E-state index in [0.29, 0.717) is 36.6 Å². The van der Waals surface area contributed by atoms with Crippen molar-refractivity contribution in [2.75, 3.05) is 76.9 Å². The number of carbonyl (C=O) groups excluding carboxylic acids is 3. The molecular weight excluding hydrogens is 725 g/mol. The number of morpholine rings is 1. The predicted octanol–water partition coefficient (Wildman–Crippen LogP) is 6.67. The van der Waals surface area contributed by atoms with E-state index in [2.05, 4.69) is 32.1 Å². The first-order chi connectivity index (χ1) is 26.9. The van der Waals surface area contributed by atoms with Crippen LogP contribution < -0.4 is 20.3 Å². The first kappa shape index (κ1) is 41.7. The van der Waals surface area contributed by atoms with Crippen LogP contribution in [0.4, 0.5) is 24.5 Å². The fourth-order valence-corrected chi connectivity index (χ4v) is 6.63. The molecule has 0 bridgehead atoms. The maximum Gasteiger partial charge on any atom is 0.416 e. The van der Waals surface area contributed by atoms with Crippen LogP contribution in [0.3, 0.4) is 0 Å². The average Bonchev–Trinajstić information content (AvgIpc) is 3.22. The zero-order valence-electron chi connectivity index (χ0n) is 32.1. The van der Waals surface area contributed by atoms with Gasteiger partial charge in [0.05, 0.1) is 37.3 Å². The molecule has 0 radical (unpaired) electrons. The fourth-order valence-electron chi connectivity index (χ4n) is 6.63. The van der Waals surface area contributed by atoms with Crippen molar-refractivity contribution in [1.29, 1.82) is 0 Å². The highest BCUT2D eigenvalue weighted by atomic mass is 19.4.